The Kier molecular flexibility index (Phi) is 13.4. The van der Waals surface area contributed by atoms with Crippen molar-refractivity contribution in [3.05, 3.63) is 68.8 Å². The summed E-state index contributed by atoms with van der Waals surface area (Å²) in [6, 6.07) is 12.2. The van der Waals surface area contributed by atoms with Crippen LogP contribution >= 0.6 is 22.6 Å². The molecule has 0 unspecified atom stereocenters. The van der Waals surface area contributed by atoms with Crippen LogP contribution < -0.4 is 14.8 Å². The molecule has 10 heteroatoms. The number of nitrogens with one attached hydrogen (secondary N) is 1. The van der Waals surface area contributed by atoms with E-state index in [1.165, 1.54) is 7.11 Å². The van der Waals surface area contributed by atoms with Gasteiger partial charge in [-0.2, -0.15) is 0 Å². The van der Waals surface area contributed by atoms with Crippen molar-refractivity contribution in [3.8, 4) is 11.5 Å². The highest BCUT2D eigenvalue weighted by Crippen LogP contribution is 2.37. The molecule has 1 aliphatic rings. The Morgan fingerprint density at radius 2 is 1.85 bits per heavy atom. The quantitative estimate of drug-likeness (QED) is 0.168. The monoisotopic (exact) mass is 680 g/mol. The summed E-state index contributed by atoms with van der Waals surface area (Å²) < 4.78 is 12.5. The van der Waals surface area contributed by atoms with Crippen LogP contribution in [0.25, 0.3) is 0 Å². The van der Waals surface area contributed by atoms with Crippen molar-refractivity contribution in [2.24, 2.45) is 0 Å². The summed E-state index contributed by atoms with van der Waals surface area (Å²) in [6.45, 7) is 2.26. The first kappa shape index (κ1) is 32.8. The first-order valence-electron chi connectivity index (χ1n) is 14.1. The zero-order valence-corrected chi connectivity index (χ0v) is 25.9. The van der Waals surface area contributed by atoms with Crippen molar-refractivity contribution in [2.45, 2.75) is 70.3 Å². The molecule has 0 radical (unpaired) electrons. The van der Waals surface area contributed by atoms with Gasteiger partial charge in [0.2, 0.25) is 11.8 Å². The zero-order chi connectivity index (χ0) is 29.8. The number of unbranched alkanes of at least 4 members (excludes halogenated alkanes) is 3. The number of rotatable bonds is 15. The van der Waals surface area contributed by atoms with Crippen molar-refractivity contribution < 1.29 is 34.4 Å². The van der Waals surface area contributed by atoms with Crippen LogP contribution in [0.15, 0.2) is 54.1 Å². The van der Waals surface area contributed by atoms with Gasteiger partial charge in [-0.15, -0.1) is 0 Å². The van der Waals surface area contributed by atoms with Crippen molar-refractivity contribution in [1.29, 1.82) is 0 Å². The molecule has 0 aromatic heterocycles. The Morgan fingerprint density at radius 3 is 2.51 bits per heavy atom. The maximum atomic E-state index is 13.7. The molecule has 0 bridgehead atoms. The fourth-order valence-corrected chi connectivity index (χ4v) is 5.74. The predicted molar refractivity (Wildman–Crippen MR) is 165 cm³/mol. The van der Waals surface area contributed by atoms with Gasteiger partial charge in [0.1, 0.15) is 12.2 Å². The molecule has 0 spiro atoms. The molecule has 0 saturated heterocycles. The first-order chi connectivity index (χ1) is 19.8. The highest BCUT2D eigenvalue weighted by atomic mass is 127. The number of amides is 2. The lowest BCUT2D eigenvalue weighted by molar-refractivity contribution is -0.138. The Balaban J connectivity index is 1.98. The molecule has 0 aliphatic heterocycles. The van der Waals surface area contributed by atoms with E-state index in [1.54, 1.807) is 23.1 Å². The molecule has 1 aliphatic carbocycles. The summed E-state index contributed by atoms with van der Waals surface area (Å²) in [7, 11) is 1.49. The van der Waals surface area contributed by atoms with Gasteiger partial charge in [-0.3, -0.25) is 9.59 Å². The second kappa shape index (κ2) is 16.7. The number of carbonyl (C=O) groups is 2. The van der Waals surface area contributed by atoms with Crippen LogP contribution in [0.1, 0.15) is 50.2 Å². The number of methoxy groups -OCH3 is 1. The number of hydrogen-bond acceptors (Lipinski definition) is 7. The van der Waals surface area contributed by atoms with Gasteiger partial charge < -0.3 is 35.0 Å². The topological polar surface area (TPSA) is 129 Å². The van der Waals surface area contributed by atoms with E-state index in [9.17, 15) is 24.9 Å². The average Bonchev–Trinajstić information content (AvgIpc) is 2.98. The van der Waals surface area contributed by atoms with Gasteiger partial charge in [0.05, 0.1) is 36.4 Å². The molecule has 9 nitrogen and oxygen atoms in total. The Bertz CT molecular complexity index is 1170. The number of halogens is 1. The summed E-state index contributed by atoms with van der Waals surface area (Å²) in [5.74, 6) is 0.230. The Hall–Kier alpha value is -2.67. The van der Waals surface area contributed by atoms with Crippen LogP contribution in [-0.4, -0.2) is 77.1 Å². The summed E-state index contributed by atoms with van der Waals surface area (Å²) in [5, 5.41) is 33.2. The van der Waals surface area contributed by atoms with Gasteiger partial charge in [-0.1, -0.05) is 56.5 Å². The van der Waals surface area contributed by atoms with Gasteiger partial charge >= 0.3 is 0 Å². The number of hydrogen-bond donors (Lipinski definition) is 4. The normalized spacial score (nSPS) is 18.4. The van der Waals surface area contributed by atoms with Crippen LogP contribution in [0.5, 0.6) is 11.5 Å². The number of aliphatic hydroxyl groups is 3. The number of benzene rings is 2. The molecule has 0 fully saturated rings. The van der Waals surface area contributed by atoms with E-state index in [1.807, 2.05) is 30.3 Å². The minimum Gasteiger partial charge on any atom is -0.493 e. The molecule has 41 heavy (non-hydrogen) atoms. The van der Waals surface area contributed by atoms with E-state index in [-0.39, 0.29) is 44.4 Å². The van der Waals surface area contributed by atoms with Crippen LogP contribution in [-0.2, 0) is 22.6 Å². The van der Waals surface area contributed by atoms with Gasteiger partial charge in [-0.25, -0.2) is 0 Å². The summed E-state index contributed by atoms with van der Waals surface area (Å²) in [6.07, 6.45) is 3.61. The second-order valence-corrected chi connectivity index (χ2v) is 11.3. The van der Waals surface area contributed by atoms with Crippen molar-refractivity contribution >= 4 is 34.4 Å². The molecular formula is C31H41IN2O7. The summed E-state index contributed by atoms with van der Waals surface area (Å²) in [4.78, 5) is 28.5. The highest BCUT2D eigenvalue weighted by molar-refractivity contribution is 14.1. The molecule has 2 aromatic carbocycles. The van der Waals surface area contributed by atoms with Gasteiger partial charge in [0.15, 0.2) is 11.5 Å². The molecule has 224 valence electrons. The van der Waals surface area contributed by atoms with Gasteiger partial charge in [0, 0.05) is 25.1 Å². The van der Waals surface area contributed by atoms with Crippen molar-refractivity contribution in [1.82, 2.24) is 10.2 Å². The van der Waals surface area contributed by atoms with E-state index in [0.29, 0.717) is 32.8 Å². The minimum atomic E-state index is -1.13. The maximum Gasteiger partial charge on any atom is 0.247 e. The third kappa shape index (κ3) is 9.16. The lowest BCUT2D eigenvalue weighted by Gasteiger charge is -2.41. The van der Waals surface area contributed by atoms with Gasteiger partial charge in [0.25, 0.3) is 0 Å². The van der Waals surface area contributed by atoms with Crippen molar-refractivity contribution in [3.63, 3.8) is 0 Å². The molecular weight excluding hydrogens is 639 g/mol. The van der Waals surface area contributed by atoms with Crippen molar-refractivity contribution in [2.75, 3.05) is 26.8 Å². The lowest BCUT2D eigenvalue weighted by Crippen LogP contribution is -2.55. The molecule has 0 saturated carbocycles. The number of carbonyl (C=O) groups excluding carboxylic acids is 2. The summed E-state index contributed by atoms with van der Waals surface area (Å²) >= 11 is 2.08. The number of ether oxygens (including phenoxy) is 2. The zero-order valence-electron chi connectivity index (χ0n) is 23.7. The molecule has 3 rings (SSSR count). The molecule has 4 N–H and O–H groups in total. The van der Waals surface area contributed by atoms with Crippen LogP contribution in [0.4, 0.5) is 0 Å². The van der Waals surface area contributed by atoms with E-state index in [0.717, 1.165) is 31.2 Å². The third-order valence-corrected chi connectivity index (χ3v) is 7.91. The molecule has 3 atom stereocenters. The maximum absolute atomic E-state index is 13.7. The van der Waals surface area contributed by atoms with Crippen LogP contribution in [0.2, 0.25) is 0 Å². The van der Waals surface area contributed by atoms with Crippen LogP contribution in [0.3, 0.4) is 0 Å². The predicted octanol–water partition coefficient (Wildman–Crippen LogP) is 3.36. The molecule has 2 amide bonds. The second-order valence-electron chi connectivity index (χ2n) is 10.1. The molecule has 2 aromatic rings. The smallest absolute Gasteiger partial charge is 0.247 e. The highest BCUT2D eigenvalue weighted by Gasteiger charge is 2.40. The fourth-order valence-electron chi connectivity index (χ4n) is 4.95. The lowest BCUT2D eigenvalue weighted by atomic mass is 9.87. The fraction of sp³-hybridized carbons (Fsp3) is 0.484. The largest absolute Gasteiger partial charge is 0.493 e. The van der Waals surface area contributed by atoms with E-state index in [4.69, 9.17) is 9.47 Å². The minimum absolute atomic E-state index is 0.0803. The number of aliphatic hydroxyl groups excluding tert-OH is 3. The number of nitrogens with zero attached hydrogens (tertiary/aromatic N) is 1. The standard InChI is InChI=1S/C31H41IN2O7/c1-3-4-5-9-13-34(28(37)17-21-10-7-6-8-11-21)25-18-23(31(39)33-12-14-35)19-26(29(25)38)41-30-24(32)15-22(20-36)16-27(30)40-2/h6-8,10-11,15-16,19,25-26,29,35-36,38H,3-5,9,12-14,17-18,20H2,1-2H3,(H,33,39)/t25-,26+,29+/m1/s1. The first-order valence-corrected chi connectivity index (χ1v) is 15.2. The molecule has 0 heterocycles. The average molecular weight is 681 g/mol. The summed E-state index contributed by atoms with van der Waals surface area (Å²) in [5.41, 5.74) is 1.88. The Labute approximate surface area is 255 Å². The third-order valence-electron chi connectivity index (χ3n) is 7.11. The SMILES string of the molecule is CCCCCCN(C(=O)Cc1ccccc1)[C@@H]1CC(C(=O)NCCO)=C[C@H](Oc2c(I)cc(CO)cc2OC)[C@H]1O. The Morgan fingerprint density at radius 1 is 1.10 bits per heavy atom. The van der Waals surface area contributed by atoms with E-state index < -0.39 is 18.2 Å². The van der Waals surface area contributed by atoms with E-state index in [2.05, 4.69) is 34.8 Å². The van der Waals surface area contributed by atoms with Gasteiger partial charge in [-0.05, 0) is 58.3 Å². The van der Waals surface area contributed by atoms with Crippen LogP contribution in [0, 0.1) is 3.57 Å². The van der Waals surface area contributed by atoms with E-state index >= 15 is 0 Å².